The van der Waals surface area contributed by atoms with Crippen LogP contribution in [-0.2, 0) is 19.5 Å². The van der Waals surface area contributed by atoms with E-state index < -0.39 is 47.3 Å². The number of aliphatic hydroxyl groups excluding tert-OH is 4. The van der Waals surface area contributed by atoms with Gasteiger partial charge in [-0.05, 0) is 46.8 Å². The van der Waals surface area contributed by atoms with Crippen molar-refractivity contribution in [2.75, 3.05) is 13.2 Å². The van der Waals surface area contributed by atoms with Crippen molar-refractivity contribution in [1.29, 1.82) is 0 Å². The second-order valence-electron chi connectivity index (χ2n) is 8.71. The molecule has 0 radical (unpaired) electrons. The minimum Gasteiger partial charge on any atom is -0.394 e. The third kappa shape index (κ3) is 6.95. The van der Waals surface area contributed by atoms with Gasteiger partial charge in [-0.15, -0.1) is 4.40 Å². The van der Waals surface area contributed by atoms with E-state index in [1.54, 1.807) is 12.1 Å². The van der Waals surface area contributed by atoms with E-state index in [9.17, 15) is 28.8 Å². The maximum atomic E-state index is 13.0. The number of nitrogens with zero attached hydrogens (tertiary/aromatic N) is 2. The first-order valence-electron chi connectivity index (χ1n) is 11.0. The maximum absolute atomic E-state index is 13.0. The molecular weight excluding hydrogens is 452 g/mol. The Morgan fingerprint density at radius 1 is 1.06 bits per heavy atom. The van der Waals surface area contributed by atoms with Crippen molar-refractivity contribution in [3.05, 3.63) is 29.8 Å². The topological polar surface area (TPSA) is 149 Å². The van der Waals surface area contributed by atoms with Gasteiger partial charge in [-0.2, -0.15) is 8.42 Å². The molecule has 0 amide bonds. The number of aliphatic hydroxyl groups is 4. The van der Waals surface area contributed by atoms with Gasteiger partial charge in [0.1, 0.15) is 30.3 Å². The third-order valence-corrected chi connectivity index (χ3v) is 6.73. The zero-order valence-corrected chi connectivity index (χ0v) is 20.5. The normalized spacial score (nSPS) is 26.8. The number of sulfonamides is 1. The van der Waals surface area contributed by atoms with Crippen molar-refractivity contribution in [2.24, 2.45) is 4.40 Å². The number of aryl methyl sites for hydroxylation is 1. The molecule has 11 heteroatoms. The van der Waals surface area contributed by atoms with Crippen molar-refractivity contribution in [2.45, 2.75) is 88.7 Å². The minimum atomic E-state index is -3.98. The molecule has 33 heavy (non-hydrogen) atoms. The van der Waals surface area contributed by atoms with E-state index in [1.165, 1.54) is 12.1 Å². The summed E-state index contributed by atoms with van der Waals surface area (Å²) in [7, 11) is -3.98. The largest absolute Gasteiger partial charge is 0.394 e. The van der Waals surface area contributed by atoms with Gasteiger partial charge in [0, 0.05) is 18.5 Å². The quantitative estimate of drug-likeness (QED) is 0.286. The molecule has 1 fully saturated rings. The molecule has 1 aromatic carbocycles. The molecule has 1 saturated heterocycles. The molecule has 1 aliphatic rings. The molecule has 0 aromatic heterocycles. The van der Waals surface area contributed by atoms with Crippen LogP contribution >= 0.6 is 0 Å². The highest BCUT2D eigenvalue weighted by molar-refractivity contribution is 7.90. The average molecular weight is 489 g/mol. The van der Waals surface area contributed by atoms with Crippen LogP contribution in [-0.4, -0.2) is 95.6 Å². The summed E-state index contributed by atoms with van der Waals surface area (Å²) in [6.45, 7) is 8.90. The zero-order valence-electron chi connectivity index (χ0n) is 19.7. The van der Waals surface area contributed by atoms with E-state index in [2.05, 4.69) is 4.40 Å². The Bertz CT molecular complexity index is 878. The van der Waals surface area contributed by atoms with Gasteiger partial charge in [0.15, 0.2) is 6.29 Å². The van der Waals surface area contributed by atoms with Gasteiger partial charge >= 0.3 is 0 Å². The van der Waals surface area contributed by atoms with Gasteiger partial charge in [0.2, 0.25) is 0 Å². The summed E-state index contributed by atoms with van der Waals surface area (Å²) in [5.41, 5.74) is 0.928. The molecule has 1 heterocycles. The molecule has 188 valence electrons. The standard InChI is InChI=1S/C22H36N2O8S/c1-13(2)24(14(3)4)18(23-33(29,30)16-8-6-15(5)7-9-16)10-11-31-22-21(28)20(27)19(26)17(12-25)32-22/h6-9,13-14,17,19-22,25-28H,10-12H2,1-5H3/b23-18+/t17-,19-,20+,21-,22-/m1/s1. The van der Waals surface area contributed by atoms with Crippen LogP contribution in [0.25, 0.3) is 0 Å². The van der Waals surface area contributed by atoms with Gasteiger partial charge in [-0.25, -0.2) is 0 Å². The molecule has 1 aromatic rings. The molecular formula is C22H36N2O8S. The summed E-state index contributed by atoms with van der Waals surface area (Å²) < 4.78 is 41.0. The summed E-state index contributed by atoms with van der Waals surface area (Å²) in [5.74, 6) is 0.283. The average Bonchev–Trinajstić information content (AvgIpc) is 2.73. The number of hydrogen-bond donors (Lipinski definition) is 4. The van der Waals surface area contributed by atoms with Crippen LogP contribution in [0, 0.1) is 6.92 Å². The highest BCUT2D eigenvalue weighted by Gasteiger charge is 2.44. The summed E-state index contributed by atoms with van der Waals surface area (Å²) in [5, 5.41) is 39.3. The Kier molecular flexibility index (Phi) is 9.80. The smallest absolute Gasteiger partial charge is 0.283 e. The second-order valence-corrected chi connectivity index (χ2v) is 10.3. The summed E-state index contributed by atoms with van der Waals surface area (Å²) in [6, 6.07) is 6.31. The van der Waals surface area contributed by atoms with Crippen molar-refractivity contribution >= 4 is 15.9 Å². The molecule has 4 N–H and O–H groups in total. The third-order valence-electron chi connectivity index (χ3n) is 5.41. The second kappa shape index (κ2) is 11.7. The lowest BCUT2D eigenvalue weighted by molar-refractivity contribution is -0.300. The van der Waals surface area contributed by atoms with Gasteiger partial charge in [-0.1, -0.05) is 17.7 Å². The molecule has 0 spiro atoms. The highest BCUT2D eigenvalue weighted by Crippen LogP contribution is 2.23. The zero-order chi connectivity index (χ0) is 24.9. The molecule has 5 atom stereocenters. The van der Waals surface area contributed by atoms with Crippen LogP contribution in [0.3, 0.4) is 0 Å². The number of amidine groups is 1. The summed E-state index contributed by atoms with van der Waals surface area (Å²) >= 11 is 0. The van der Waals surface area contributed by atoms with E-state index in [0.29, 0.717) is 0 Å². The molecule has 0 aliphatic carbocycles. The minimum absolute atomic E-state index is 0.0516. The molecule has 0 unspecified atom stereocenters. The van der Waals surface area contributed by atoms with E-state index >= 15 is 0 Å². The Labute approximate surface area is 195 Å². The van der Waals surface area contributed by atoms with Crippen LogP contribution in [0.15, 0.2) is 33.6 Å². The van der Waals surface area contributed by atoms with E-state index in [1.807, 2.05) is 39.5 Å². The monoisotopic (exact) mass is 488 g/mol. The van der Waals surface area contributed by atoms with E-state index in [0.717, 1.165) is 5.56 Å². The number of hydrogen-bond acceptors (Lipinski definition) is 8. The maximum Gasteiger partial charge on any atom is 0.283 e. The Morgan fingerprint density at radius 3 is 2.15 bits per heavy atom. The highest BCUT2D eigenvalue weighted by atomic mass is 32.2. The Morgan fingerprint density at radius 2 is 1.64 bits per heavy atom. The van der Waals surface area contributed by atoms with Crippen molar-refractivity contribution < 1.29 is 38.3 Å². The van der Waals surface area contributed by atoms with E-state index in [-0.39, 0.29) is 35.8 Å². The molecule has 10 nitrogen and oxygen atoms in total. The molecule has 2 rings (SSSR count). The number of ether oxygens (including phenoxy) is 2. The number of benzene rings is 1. The summed E-state index contributed by atoms with van der Waals surface area (Å²) in [4.78, 5) is 1.94. The first-order chi connectivity index (χ1) is 15.4. The van der Waals surface area contributed by atoms with Crippen LogP contribution in [0.5, 0.6) is 0 Å². The molecule has 0 bridgehead atoms. The predicted molar refractivity (Wildman–Crippen MR) is 122 cm³/mol. The molecule has 0 saturated carbocycles. The summed E-state index contributed by atoms with van der Waals surface area (Å²) in [6.07, 6.45) is -6.90. The van der Waals surface area contributed by atoms with Gasteiger partial charge in [0.25, 0.3) is 10.0 Å². The lowest BCUT2D eigenvalue weighted by atomic mass is 9.99. The SMILES string of the molecule is Cc1ccc(S(=O)(=O)/N=C(\CCO[C@@H]2O[C@H](CO)[C@@H](O)[C@H](O)[C@H]2O)N(C(C)C)C(C)C)cc1. The van der Waals surface area contributed by atoms with Crippen molar-refractivity contribution in [3.63, 3.8) is 0 Å². The van der Waals surface area contributed by atoms with Crippen molar-refractivity contribution in [3.8, 4) is 0 Å². The molecule has 1 aliphatic heterocycles. The fraction of sp³-hybridized carbons (Fsp3) is 0.682. The lowest BCUT2D eigenvalue weighted by Gasteiger charge is -2.39. The van der Waals surface area contributed by atoms with Crippen LogP contribution < -0.4 is 0 Å². The van der Waals surface area contributed by atoms with Crippen molar-refractivity contribution in [1.82, 2.24) is 4.90 Å². The lowest BCUT2D eigenvalue weighted by Crippen LogP contribution is -2.59. The fourth-order valence-corrected chi connectivity index (χ4v) is 4.84. The van der Waals surface area contributed by atoms with E-state index in [4.69, 9.17) is 9.47 Å². The Hall–Kier alpha value is -1.60. The van der Waals surface area contributed by atoms with Crippen LogP contribution in [0.2, 0.25) is 0 Å². The predicted octanol–water partition coefficient (Wildman–Crippen LogP) is 0.408. The van der Waals surface area contributed by atoms with Gasteiger partial charge in [0.05, 0.1) is 18.1 Å². The fourth-order valence-electron chi connectivity index (χ4n) is 3.79. The number of rotatable bonds is 9. The van der Waals surface area contributed by atoms with Gasteiger partial charge < -0.3 is 34.8 Å². The van der Waals surface area contributed by atoms with Crippen LogP contribution in [0.1, 0.15) is 39.7 Å². The van der Waals surface area contributed by atoms with Gasteiger partial charge in [-0.3, -0.25) is 0 Å². The Balaban J connectivity index is 2.25. The first-order valence-corrected chi connectivity index (χ1v) is 12.4. The first kappa shape index (κ1) is 27.6. The van der Waals surface area contributed by atoms with Crippen LogP contribution in [0.4, 0.5) is 0 Å².